The van der Waals surface area contributed by atoms with Gasteiger partial charge in [0.2, 0.25) is 0 Å². The largest absolute Gasteiger partial charge is 0.481 e. The third kappa shape index (κ3) is 4.59. The van der Waals surface area contributed by atoms with Gasteiger partial charge in [-0.2, -0.15) is 0 Å². The molecule has 0 radical (unpaired) electrons. The van der Waals surface area contributed by atoms with Crippen molar-refractivity contribution in [2.24, 2.45) is 0 Å². The summed E-state index contributed by atoms with van der Waals surface area (Å²) >= 11 is 0. The summed E-state index contributed by atoms with van der Waals surface area (Å²) < 4.78 is 5.89. The van der Waals surface area contributed by atoms with Crippen LogP contribution in [0.4, 0.5) is 5.69 Å². The Morgan fingerprint density at radius 2 is 1.61 bits per heavy atom. The summed E-state index contributed by atoms with van der Waals surface area (Å²) in [5, 5.41) is 2.93. The molecule has 0 fully saturated rings. The molecule has 0 bridgehead atoms. The van der Waals surface area contributed by atoms with Gasteiger partial charge in [-0.15, -0.1) is 0 Å². The van der Waals surface area contributed by atoms with Gasteiger partial charge in [0.25, 0.3) is 5.91 Å². The zero-order chi connectivity index (χ0) is 17.0. The Morgan fingerprint density at radius 3 is 2.22 bits per heavy atom. The zero-order valence-electron chi connectivity index (χ0n) is 14.5. The van der Waals surface area contributed by atoms with Gasteiger partial charge in [0.15, 0.2) is 6.10 Å². The van der Waals surface area contributed by atoms with Crippen molar-refractivity contribution in [2.45, 2.75) is 46.6 Å². The number of hydrogen-bond donors (Lipinski definition) is 1. The van der Waals surface area contributed by atoms with Gasteiger partial charge >= 0.3 is 0 Å². The number of rotatable bonds is 5. The number of amides is 1. The molecule has 0 saturated heterocycles. The van der Waals surface area contributed by atoms with Gasteiger partial charge in [-0.25, -0.2) is 0 Å². The van der Waals surface area contributed by atoms with E-state index in [9.17, 15) is 4.79 Å². The minimum Gasteiger partial charge on any atom is -0.481 e. The smallest absolute Gasteiger partial charge is 0.265 e. The number of carbonyl (C=O) groups is 1. The van der Waals surface area contributed by atoms with Crippen molar-refractivity contribution >= 4 is 11.6 Å². The highest BCUT2D eigenvalue weighted by molar-refractivity contribution is 5.94. The predicted octanol–water partition coefficient (Wildman–Crippen LogP) is 4.83. The molecule has 122 valence electrons. The van der Waals surface area contributed by atoms with Crippen LogP contribution >= 0.6 is 0 Å². The minimum atomic E-state index is -0.560. The molecule has 3 heteroatoms. The third-order valence-electron chi connectivity index (χ3n) is 3.70. The Morgan fingerprint density at radius 1 is 1.00 bits per heavy atom. The molecule has 1 atom stereocenters. The highest BCUT2D eigenvalue weighted by Crippen LogP contribution is 2.27. The maximum absolute atomic E-state index is 12.4. The molecule has 3 nitrogen and oxygen atoms in total. The van der Waals surface area contributed by atoms with Gasteiger partial charge in [-0.05, 0) is 61.6 Å². The summed E-state index contributed by atoms with van der Waals surface area (Å²) in [6, 6.07) is 13.9. The second-order valence-corrected chi connectivity index (χ2v) is 6.32. The highest BCUT2D eigenvalue weighted by Gasteiger charge is 2.17. The summed E-state index contributed by atoms with van der Waals surface area (Å²) in [7, 11) is 0. The van der Waals surface area contributed by atoms with Crippen LogP contribution in [0.25, 0.3) is 0 Å². The molecule has 0 aliphatic heterocycles. The molecule has 0 aromatic heterocycles. The lowest BCUT2D eigenvalue weighted by atomic mass is 10.0. The topological polar surface area (TPSA) is 38.3 Å². The second-order valence-electron chi connectivity index (χ2n) is 6.32. The molecule has 0 spiro atoms. The Hall–Kier alpha value is -2.29. The van der Waals surface area contributed by atoms with Crippen molar-refractivity contribution in [3.63, 3.8) is 0 Å². The fourth-order valence-corrected chi connectivity index (χ4v) is 2.60. The predicted molar refractivity (Wildman–Crippen MR) is 95.2 cm³/mol. The number of benzene rings is 2. The summed E-state index contributed by atoms with van der Waals surface area (Å²) in [5.74, 6) is 0.972. The molecule has 0 heterocycles. The maximum Gasteiger partial charge on any atom is 0.265 e. The van der Waals surface area contributed by atoms with Crippen molar-refractivity contribution in [1.82, 2.24) is 0 Å². The number of carbonyl (C=O) groups excluding carboxylic acids is 1. The monoisotopic (exact) mass is 311 g/mol. The first-order valence-corrected chi connectivity index (χ1v) is 8.01. The van der Waals surface area contributed by atoms with Crippen molar-refractivity contribution in [3.8, 4) is 5.75 Å². The molecule has 2 aromatic carbocycles. The molecule has 0 aliphatic carbocycles. The first-order valence-electron chi connectivity index (χ1n) is 8.01. The van der Waals surface area contributed by atoms with E-state index in [2.05, 4.69) is 25.2 Å². The lowest BCUT2D eigenvalue weighted by molar-refractivity contribution is -0.122. The number of ether oxygens (including phenoxy) is 1. The van der Waals surface area contributed by atoms with E-state index in [1.165, 1.54) is 0 Å². The van der Waals surface area contributed by atoms with Crippen LogP contribution in [0.3, 0.4) is 0 Å². The number of hydrogen-bond acceptors (Lipinski definition) is 2. The molecule has 1 N–H and O–H groups in total. The van der Waals surface area contributed by atoms with Crippen LogP contribution in [-0.4, -0.2) is 12.0 Å². The average molecular weight is 311 g/mol. The van der Waals surface area contributed by atoms with Gasteiger partial charge in [-0.1, -0.05) is 38.1 Å². The zero-order valence-corrected chi connectivity index (χ0v) is 14.5. The van der Waals surface area contributed by atoms with Crippen LogP contribution in [-0.2, 0) is 4.79 Å². The van der Waals surface area contributed by atoms with Crippen molar-refractivity contribution in [2.75, 3.05) is 5.32 Å². The van der Waals surface area contributed by atoms with Crippen molar-refractivity contribution in [1.29, 1.82) is 0 Å². The van der Waals surface area contributed by atoms with Crippen LogP contribution in [0, 0.1) is 13.8 Å². The number of anilines is 1. The van der Waals surface area contributed by atoms with E-state index in [1.54, 1.807) is 6.92 Å². The number of aryl methyl sites for hydroxylation is 2. The van der Waals surface area contributed by atoms with Gasteiger partial charge in [-0.3, -0.25) is 4.79 Å². The Balaban J connectivity index is 2.08. The van der Waals surface area contributed by atoms with E-state index in [0.717, 1.165) is 28.1 Å². The quantitative estimate of drug-likeness (QED) is 0.858. The normalized spacial score (nSPS) is 12.1. The molecular formula is C20H25NO2. The van der Waals surface area contributed by atoms with Gasteiger partial charge in [0.1, 0.15) is 5.75 Å². The van der Waals surface area contributed by atoms with Gasteiger partial charge < -0.3 is 10.1 Å². The molecule has 1 amide bonds. The lowest BCUT2D eigenvalue weighted by Gasteiger charge is -2.19. The van der Waals surface area contributed by atoms with E-state index in [0.29, 0.717) is 5.92 Å². The van der Waals surface area contributed by atoms with Crippen molar-refractivity contribution < 1.29 is 9.53 Å². The minimum absolute atomic E-state index is 0.145. The maximum atomic E-state index is 12.4. The standard InChI is InChI=1S/C20H25NO2/c1-13(2)18-8-6-7-9-19(18)23-16(5)20(22)21-17-11-14(3)10-15(4)12-17/h6-13,16H,1-5H3,(H,21,22)/t16-/m1/s1. The SMILES string of the molecule is Cc1cc(C)cc(NC(=O)[C@@H](C)Oc2ccccc2C(C)C)c1. The first-order chi connectivity index (χ1) is 10.9. The van der Waals surface area contributed by atoms with E-state index >= 15 is 0 Å². The molecule has 0 unspecified atom stereocenters. The van der Waals surface area contributed by atoms with Gasteiger partial charge in [0, 0.05) is 5.69 Å². The average Bonchev–Trinajstić information content (AvgIpc) is 2.46. The van der Waals surface area contributed by atoms with Crippen LogP contribution in [0.1, 0.15) is 43.4 Å². The summed E-state index contributed by atoms with van der Waals surface area (Å²) in [6.45, 7) is 10.0. The Kier molecular flexibility index (Phi) is 5.43. The van der Waals surface area contributed by atoms with E-state index in [4.69, 9.17) is 4.74 Å². The van der Waals surface area contributed by atoms with E-state index in [1.807, 2.05) is 50.2 Å². The van der Waals surface area contributed by atoms with Gasteiger partial charge in [0.05, 0.1) is 0 Å². The number of para-hydroxylation sites is 1. The fourth-order valence-electron chi connectivity index (χ4n) is 2.60. The van der Waals surface area contributed by atoms with Crippen LogP contribution in [0.2, 0.25) is 0 Å². The highest BCUT2D eigenvalue weighted by atomic mass is 16.5. The fraction of sp³-hybridized carbons (Fsp3) is 0.350. The van der Waals surface area contributed by atoms with E-state index < -0.39 is 6.10 Å². The molecule has 2 aromatic rings. The lowest BCUT2D eigenvalue weighted by Crippen LogP contribution is -2.30. The van der Waals surface area contributed by atoms with E-state index in [-0.39, 0.29) is 5.91 Å². The molecule has 0 saturated carbocycles. The van der Waals surface area contributed by atoms with Crippen LogP contribution < -0.4 is 10.1 Å². The van der Waals surface area contributed by atoms with Crippen LogP contribution in [0.5, 0.6) is 5.75 Å². The molecule has 23 heavy (non-hydrogen) atoms. The number of nitrogens with one attached hydrogen (secondary N) is 1. The third-order valence-corrected chi connectivity index (χ3v) is 3.70. The summed E-state index contributed by atoms with van der Waals surface area (Å²) in [6.07, 6.45) is -0.560. The van der Waals surface area contributed by atoms with Crippen LogP contribution in [0.15, 0.2) is 42.5 Å². The Labute approximate surface area is 138 Å². The second kappa shape index (κ2) is 7.32. The first kappa shape index (κ1) is 17.1. The molecule has 2 rings (SSSR count). The molecular weight excluding hydrogens is 286 g/mol. The summed E-state index contributed by atoms with van der Waals surface area (Å²) in [4.78, 5) is 12.4. The molecule has 0 aliphatic rings. The van der Waals surface area contributed by atoms with Crippen molar-refractivity contribution in [3.05, 3.63) is 59.2 Å². The Bertz CT molecular complexity index is 672. The summed E-state index contributed by atoms with van der Waals surface area (Å²) in [5.41, 5.74) is 4.16.